The summed E-state index contributed by atoms with van der Waals surface area (Å²) in [6.07, 6.45) is 1.66. The van der Waals surface area contributed by atoms with Gasteiger partial charge in [0, 0.05) is 18.5 Å². The predicted octanol–water partition coefficient (Wildman–Crippen LogP) is 0.710. The van der Waals surface area contributed by atoms with E-state index in [0.29, 0.717) is 13.1 Å². The number of nitrogens with one attached hydrogen (secondary N) is 2. The van der Waals surface area contributed by atoms with Crippen LogP contribution in [0, 0.1) is 0 Å². The minimum Gasteiger partial charge on any atom is -0.381 e. The van der Waals surface area contributed by atoms with Crippen molar-refractivity contribution in [3.8, 4) is 0 Å². The zero-order valence-electron chi connectivity index (χ0n) is 9.18. The molecule has 0 aliphatic heterocycles. The zero-order valence-corrected chi connectivity index (χ0v) is 9.18. The van der Waals surface area contributed by atoms with Crippen LogP contribution < -0.4 is 16.4 Å². The maximum atomic E-state index is 10.5. The van der Waals surface area contributed by atoms with Crippen LogP contribution in [0.3, 0.4) is 0 Å². The minimum atomic E-state index is -0.524. The molecule has 0 radical (unpaired) electrons. The van der Waals surface area contributed by atoms with E-state index >= 15 is 0 Å². The van der Waals surface area contributed by atoms with E-state index in [1.165, 1.54) is 0 Å². The third-order valence-electron chi connectivity index (χ3n) is 2.29. The first kappa shape index (κ1) is 11.1. The molecule has 0 aliphatic carbocycles. The van der Waals surface area contributed by atoms with Gasteiger partial charge in [-0.1, -0.05) is 18.2 Å². The number of carbonyl (C=O) groups excluding carboxylic acids is 1. The molecule has 1 aromatic carbocycles. The number of nitrogens with two attached hydrogens (primary N) is 1. The molecule has 0 atom stereocenters. The molecular formula is C11H13N5O. The third-order valence-corrected chi connectivity index (χ3v) is 2.29. The Hall–Kier alpha value is -2.37. The molecule has 0 saturated heterocycles. The molecule has 6 heteroatoms. The second kappa shape index (κ2) is 5.11. The lowest BCUT2D eigenvalue weighted by Gasteiger charge is -2.08. The molecule has 0 unspecified atom stereocenters. The second-order valence-electron chi connectivity index (χ2n) is 3.49. The first-order chi connectivity index (χ1) is 8.27. The Morgan fingerprint density at radius 3 is 2.94 bits per heavy atom. The van der Waals surface area contributed by atoms with E-state index in [1.807, 2.05) is 24.3 Å². The van der Waals surface area contributed by atoms with Crippen molar-refractivity contribution in [3.05, 3.63) is 30.5 Å². The van der Waals surface area contributed by atoms with Crippen LogP contribution in [-0.2, 0) is 0 Å². The monoisotopic (exact) mass is 231 g/mol. The summed E-state index contributed by atoms with van der Waals surface area (Å²) in [5.41, 5.74) is 6.69. The number of hydrogen-bond acceptors (Lipinski definition) is 4. The number of anilines is 1. The van der Waals surface area contributed by atoms with Gasteiger partial charge >= 0.3 is 6.03 Å². The van der Waals surface area contributed by atoms with Crippen molar-refractivity contribution in [2.24, 2.45) is 5.73 Å². The van der Waals surface area contributed by atoms with E-state index < -0.39 is 6.03 Å². The van der Waals surface area contributed by atoms with Gasteiger partial charge in [-0.05, 0) is 6.07 Å². The Morgan fingerprint density at radius 1 is 1.29 bits per heavy atom. The highest BCUT2D eigenvalue weighted by Gasteiger charge is 2.01. The fraction of sp³-hybridized carbons (Fsp3) is 0.182. The first-order valence-corrected chi connectivity index (χ1v) is 5.25. The summed E-state index contributed by atoms with van der Waals surface area (Å²) in [5, 5.41) is 14.6. The van der Waals surface area contributed by atoms with Crippen molar-refractivity contribution in [3.63, 3.8) is 0 Å². The molecule has 1 aromatic heterocycles. The van der Waals surface area contributed by atoms with Gasteiger partial charge in [-0.15, -0.1) is 0 Å². The molecule has 17 heavy (non-hydrogen) atoms. The Kier molecular flexibility index (Phi) is 3.34. The van der Waals surface area contributed by atoms with Gasteiger partial charge < -0.3 is 16.4 Å². The number of primary amides is 1. The van der Waals surface area contributed by atoms with E-state index in [4.69, 9.17) is 5.73 Å². The topological polar surface area (TPSA) is 92.9 Å². The highest BCUT2D eigenvalue weighted by atomic mass is 16.2. The lowest BCUT2D eigenvalue weighted by atomic mass is 10.2. The number of urea groups is 1. The molecule has 88 valence electrons. The number of rotatable bonds is 4. The summed E-state index contributed by atoms with van der Waals surface area (Å²) in [6, 6.07) is 7.19. The van der Waals surface area contributed by atoms with Gasteiger partial charge in [0.05, 0.1) is 17.4 Å². The summed E-state index contributed by atoms with van der Waals surface area (Å²) in [4.78, 5) is 10.5. The first-order valence-electron chi connectivity index (χ1n) is 5.25. The molecule has 2 aromatic rings. The second-order valence-corrected chi connectivity index (χ2v) is 3.49. The van der Waals surface area contributed by atoms with Gasteiger partial charge in [-0.3, -0.25) is 0 Å². The lowest BCUT2D eigenvalue weighted by molar-refractivity contribution is 0.249. The Bertz CT molecular complexity index is 523. The minimum absolute atomic E-state index is 0.464. The SMILES string of the molecule is NC(=O)NCCNc1cnnc2ccccc12. The summed E-state index contributed by atoms with van der Waals surface area (Å²) >= 11 is 0. The van der Waals surface area contributed by atoms with Crippen molar-refractivity contribution in [2.75, 3.05) is 18.4 Å². The predicted molar refractivity (Wildman–Crippen MR) is 65.6 cm³/mol. The largest absolute Gasteiger partial charge is 0.381 e. The number of benzene rings is 1. The normalized spacial score (nSPS) is 10.1. The van der Waals surface area contributed by atoms with Crippen molar-refractivity contribution in [1.82, 2.24) is 15.5 Å². The molecule has 0 fully saturated rings. The van der Waals surface area contributed by atoms with Gasteiger partial charge in [-0.2, -0.15) is 10.2 Å². The van der Waals surface area contributed by atoms with Crippen LogP contribution in [0.4, 0.5) is 10.5 Å². The van der Waals surface area contributed by atoms with E-state index in [0.717, 1.165) is 16.6 Å². The average molecular weight is 231 g/mol. The van der Waals surface area contributed by atoms with Crippen LogP contribution in [0.15, 0.2) is 30.5 Å². The fourth-order valence-electron chi connectivity index (χ4n) is 1.53. The van der Waals surface area contributed by atoms with Crippen molar-refractivity contribution < 1.29 is 4.79 Å². The molecule has 1 heterocycles. The maximum absolute atomic E-state index is 10.5. The lowest BCUT2D eigenvalue weighted by Crippen LogP contribution is -2.33. The smallest absolute Gasteiger partial charge is 0.312 e. The highest BCUT2D eigenvalue weighted by Crippen LogP contribution is 2.18. The van der Waals surface area contributed by atoms with Crippen LogP contribution in [0.5, 0.6) is 0 Å². The van der Waals surface area contributed by atoms with Crippen LogP contribution in [-0.4, -0.2) is 29.3 Å². The summed E-state index contributed by atoms with van der Waals surface area (Å²) < 4.78 is 0. The number of hydrogen-bond donors (Lipinski definition) is 3. The van der Waals surface area contributed by atoms with Gasteiger partial charge in [0.1, 0.15) is 0 Å². The van der Waals surface area contributed by atoms with E-state index in [-0.39, 0.29) is 0 Å². The van der Waals surface area contributed by atoms with Gasteiger partial charge in [0.15, 0.2) is 0 Å². The van der Waals surface area contributed by atoms with Gasteiger partial charge in [0.2, 0.25) is 0 Å². The number of aromatic nitrogens is 2. The zero-order chi connectivity index (χ0) is 12.1. The molecule has 0 bridgehead atoms. The number of fused-ring (bicyclic) bond motifs is 1. The van der Waals surface area contributed by atoms with Crippen molar-refractivity contribution in [2.45, 2.75) is 0 Å². The quantitative estimate of drug-likeness (QED) is 0.675. The molecule has 6 nitrogen and oxygen atoms in total. The fourth-order valence-corrected chi connectivity index (χ4v) is 1.53. The van der Waals surface area contributed by atoms with Gasteiger partial charge in [-0.25, -0.2) is 4.79 Å². The summed E-state index contributed by atoms with van der Waals surface area (Å²) in [5.74, 6) is 0. The maximum Gasteiger partial charge on any atom is 0.312 e. The molecule has 0 saturated carbocycles. The van der Waals surface area contributed by atoms with E-state index in [9.17, 15) is 4.79 Å². The Labute approximate surface area is 98.2 Å². The van der Waals surface area contributed by atoms with E-state index in [1.54, 1.807) is 6.20 Å². The molecule has 2 rings (SSSR count). The third kappa shape index (κ3) is 2.81. The van der Waals surface area contributed by atoms with Crippen LogP contribution >= 0.6 is 0 Å². The van der Waals surface area contributed by atoms with Crippen LogP contribution in [0.25, 0.3) is 10.9 Å². The number of amides is 2. The molecular weight excluding hydrogens is 218 g/mol. The molecule has 2 amide bonds. The van der Waals surface area contributed by atoms with Crippen molar-refractivity contribution >= 4 is 22.6 Å². The highest BCUT2D eigenvalue weighted by molar-refractivity contribution is 5.90. The molecule has 4 N–H and O–H groups in total. The Morgan fingerprint density at radius 2 is 2.12 bits per heavy atom. The van der Waals surface area contributed by atoms with Crippen LogP contribution in [0.1, 0.15) is 0 Å². The van der Waals surface area contributed by atoms with Crippen molar-refractivity contribution in [1.29, 1.82) is 0 Å². The molecule has 0 spiro atoms. The number of carbonyl (C=O) groups is 1. The number of nitrogens with zero attached hydrogens (tertiary/aromatic N) is 2. The van der Waals surface area contributed by atoms with Crippen LogP contribution in [0.2, 0.25) is 0 Å². The molecule has 0 aliphatic rings. The summed E-state index contributed by atoms with van der Waals surface area (Å²) in [7, 11) is 0. The standard InChI is InChI=1S/C11H13N5O/c12-11(17)14-6-5-13-10-7-15-16-9-4-2-1-3-8(9)10/h1-4,7H,5-6H2,(H,13,16)(H3,12,14,17). The average Bonchev–Trinajstić information content (AvgIpc) is 2.34. The summed E-state index contributed by atoms with van der Waals surface area (Å²) in [6.45, 7) is 1.05. The Balaban J connectivity index is 2.05. The van der Waals surface area contributed by atoms with Gasteiger partial charge in [0.25, 0.3) is 0 Å². The van der Waals surface area contributed by atoms with E-state index in [2.05, 4.69) is 20.8 Å².